The Morgan fingerprint density at radius 3 is 2.74 bits per heavy atom. The zero-order valence-corrected chi connectivity index (χ0v) is 13.3. The van der Waals surface area contributed by atoms with Crippen LogP contribution in [0.1, 0.15) is 11.1 Å². The van der Waals surface area contributed by atoms with Crippen LogP contribution < -0.4 is 9.47 Å². The van der Waals surface area contributed by atoms with E-state index in [9.17, 15) is 0 Å². The van der Waals surface area contributed by atoms with Gasteiger partial charge in [-0.1, -0.05) is 42.5 Å². The van der Waals surface area contributed by atoms with Gasteiger partial charge in [0, 0.05) is 0 Å². The number of methoxy groups -OCH3 is 1. The number of para-hydroxylation sites is 2. The first-order chi connectivity index (χ1) is 11.3. The van der Waals surface area contributed by atoms with Crippen molar-refractivity contribution in [3.8, 4) is 11.5 Å². The number of hydrogen-bond donors (Lipinski definition) is 0. The van der Waals surface area contributed by atoms with Crippen LogP contribution in [0.15, 0.2) is 58.5 Å². The fraction of sp³-hybridized carbons (Fsp3) is 0.167. The third-order valence-electron chi connectivity index (χ3n) is 3.99. The van der Waals surface area contributed by atoms with Crippen molar-refractivity contribution in [2.45, 2.75) is 6.42 Å². The predicted octanol–water partition coefficient (Wildman–Crippen LogP) is 3.43. The first kappa shape index (κ1) is 14.1. The van der Waals surface area contributed by atoms with Crippen LogP contribution in [-0.4, -0.2) is 23.8 Å². The van der Waals surface area contributed by atoms with Crippen LogP contribution in [0.4, 0.5) is 0 Å². The molecule has 1 unspecified atom stereocenters. The largest absolute Gasteiger partial charge is 0.496 e. The number of ether oxygens (including phenoxy) is 2. The molecule has 0 N–H and O–H groups in total. The van der Waals surface area contributed by atoms with Crippen LogP contribution in [0.3, 0.4) is 0 Å². The molecule has 0 bridgehead atoms. The molecular weight excluding hydrogens is 308 g/mol. The Morgan fingerprint density at radius 1 is 1.09 bits per heavy atom. The molecule has 2 aromatic rings. The van der Waals surface area contributed by atoms with Gasteiger partial charge in [-0.25, -0.2) is 4.99 Å². The van der Waals surface area contributed by atoms with Gasteiger partial charge in [-0.2, -0.15) is 4.99 Å². The second-order valence-corrected chi connectivity index (χ2v) is 5.81. The lowest BCUT2D eigenvalue weighted by molar-refractivity contribution is 0.414. The Labute approximate surface area is 139 Å². The van der Waals surface area contributed by atoms with E-state index in [1.54, 1.807) is 7.11 Å². The van der Waals surface area contributed by atoms with Crippen molar-refractivity contribution in [3.63, 3.8) is 0 Å². The topological polar surface area (TPSA) is 43.2 Å². The predicted molar refractivity (Wildman–Crippen MR) is 93.8 cm³/mol. The summed E-state index contributed by atoms with van der Waals surface area (Å²) >= 11 is 5.50. The van der Waals surface area contributed by atoms with Gasteiger partial charge in [0.25, 0.3) is 0 Å². The van der Waals surface area contributed by atoms with Crippen LogP contribution in [0.2, 0.25) is 0 Å². The number of thiocarbonyl (C=S) groups is 1. The fourth-order valence-corrected chi connectivity index (χ4v) is 3.09. The quantitative estimate of drug-likeness (QED) is 0.796. The summed E-state index contributed by atoms with van der Waals surface area (Å²) in [6.45, 7) is 0. The number of hydrogen-bond acceptors (Lipinski definition) is 4. The average molecular weight is 322 g/mol. The molecule has 0 radical (unpaired) electrons. The number of aliphatic imine (C=N–C) groups is 2. The van der Waals surface area contributed by atoms with Crippen molar-refractivity contribution in [2.75, 3.05) is 7.11 Å². The van der Waals surface area contributed by atoms with Gasteiger partial charge in [0.15, 0.2) is 5.84 Å². The zero-order valence-electron chi connectivity index (χ0n) is 12.5. The molecule has 0 amide bonds. The second kappa shape index (κ2) is 5.59. The molecule has 2 aliphatic rings. The zero-order chi connectivity index (χ0) is 15.8. The maximum absolute atomic E-state index is 5.97. The number of benzene rings is 2. The Balaban J connectivity index is 1.76. The van der Waals surface area contributed by atoms with E-state index in [1.807, 2.05) is 48.5 Å². The minimum atomic E-state index is -0.0710. The summed E-state index contributed by atoms with van der Waals surface area (Å²) in [6.07, 6.45) is 0.774. The maximum Gasteiger partial charge on any atom is 0.207 e. The summed E-state index contributed by atoms with van der Waals surface area (Å²) in [7, 11) is 1.63. The highest BCUT2D eigenvalue weighted by Crippen LogP contribution is 2.32. The minimum Gasteiger partial charge on any atom is -0.496 e. The van der Waals surface area contributed by atoms with E-state index in [2.05, 4.69) is 9.98 Å². The van der Waals surface area contributed by atoms with Gasteiger partial charge in [0.2, 0.25) is 5.90 Å². The molecule has 0 saturated carbocycles. The first-order valence-electron chi connectivity index (χ1n) is 7.36. The van der Waals surface area contributed by atoms with Crippen LogP contribution in [0.25, 0.3) is 0 Å². The Morgan fingerprint density at radius 2 is 1.87 bits per heavy atom. The molecule has 4 rings (SSSR count). The summed E-state index contributed by atoms with van der Waals surface area (Å²) in [5.74, 6) is 2.64. The molecule has 0 spiro atoms. The molecule has 0 fully saturated rings. The summed E-state index contributed by atoms with van der Waals surface area (Å²) in [5.41, 5.74) is 1.94. The molecule has 4 nitrogen and oxygen atoms in total. The van der Waals surface area contributed by atoms with E-state index in [4.69, 9.17) is 21.7 Å². The van der Waals surface area contributed by atoms with Crippen LogP contribution in [0, 0.1) is 5.92 Å². The number of amidine groups is 1. The van der Waals surface area contributed by atoms with E-state index in [0.717, 1.165) is 23.3 Å². The van der Waals surface area contributed by atoms with Crippen molar-refractivity contribution in [1.29, 1.82) is 0 Å². The van der Waals surface area contributed by atoms with Gasteiger partial charge in [-0.3, -0.25) is 0 Å². The Hall–Kier alpha value is -2.53. The lowest BCUT2D eigenvalue weighted by atomic mass is 9.94. The van der Waals surface area contributed by atoms with E-state index >= 15 is 0 Å². The van der Waals surface area contributed by atoms with Gasteiger partial charge in [-0.15, -0.1) is 0 Å². The monoisotopic (exact) mass is 322 g/mol. The normalized spacial score (nSPS) is 19.0. The third kappa shape index (κ3) is 2.43. The van der Waals surface area contributed by atoms with Crippen molar-refractivity contribution < 1.29 is 9.47 Å². The highest BCUT2D eigenvalue weighted by Gasteiger charge is 2.33. The third-order valence-corrected chi connectivity index (χ3v) is 4.36. The van der Waals surface area contributed by atoms with Crippen LogP contribution in [0.5, 0.6) is 11.5 Å². The average Bonchev–Trinajstić information content (AvgIpc) is 2.60. The van der Waals surface area contributed by atoms with Gasteiger partial charge in [-0.05, 0) is 30.2 Å². The fourth-order valence-electron chi connectivity index (χ4n) is 2.82. The SMILES string of the molecule is COc1ccccc1C1=NC(=S)C2Cc3ccccc3OC2=N1. The lowest BCUT2D eigenvalue weighted by Gasteiger charge is -2.28. The molecule has 1 atom stereocenters. The maximum atomic E-state index is 5.97. The van der Waals surface area contributed by atoms with Gasteiger partial charge in [0.1, 0.15) is 16.5 Å². The molecule has 0 aromatic heterocycles. The summed E-state index contributed by atoms with van der Waals surface area (Å²) in [5, 5.41) is 0. The van der Waals surface area contributed by atoms with Crippen LogP contribution in [-0.2, 0) is 6.42 Å². The summed E-state index contributed by atoms with van der Waals surface area (Å²) in [6, 6.07) is 15.6. The van der Waals surface area contributed by atoms with Gasteiger partial charge in [0.05, 0.1) is 18.6 Å². The molecule has 2 heterocycles. The van der Waals surface area contributed by atoms with Gasteiger partial charge >= 0.3 is 0 Å². The van der Waals surface area contributed by atoms with E-state index in [-0.39, 0.29) is 5.92 Å². The van der Waals surface area contributed by atoms with Gasteiger partial charge < -0.3 is 9.47 Å². The second-order valence-electron chi connectivity index (χ2n) is 5.39. The smallest absolute Gasteiger partial charge is 0.207 e. The molecule has 2 aliphatic heterocycles. The molecule has 0 saturated heterocycles. The number of rotatable bonds is 2. The van der Waals surface area contributed by atoms with E-state index in [1.165, 1.54) is 0 Å². The Bertz CT molecular complexity index is 858. The van der Waals surface area contributed by atoms with Crippen molar-refractivity contribution >= 4 is 28.9 Å². The highest BCUT2D eigenvalue weighted by atomic mass is 32.1. The Kier molecular flexibility index (Phi) is 3.42. The molecule has 5 heteroatoms. The molecular formula is C18H14N2O2S. The number of nitrogens with zero attached hydrogens (tertiary/aromatic N) is 2. The molecule has 23 heavy (non-hydrogen) atoms. The summed E-state index contributed by atoms with van der Waals surface area (Å²) in [4.78, 5) is 9.73. The first-order valence-corrected chi connectivity index (χ1v) is 7.77. The lowest BCUT2D eigenvalue weighted by Crippen LogP contribution is -2.36. The van der Waals surface area contributed by atoms with E-state index < -0.39 is 0 Å². The minimum absolute atomic E-state index is 0.0710. The highest BCUT2D eigenvalue weighted by molar-refractivity contribution is 7.80. The van der Waals surface area contributed by atoms with Crippen molar-refractivity contribution in [1.82, 2.24) is 0 Å². The molecule has 114 valence electrons. The van der Waals surface area contributed by atoms with Crippen molar-refractivity contribution in [2.24, 2.45) is 15.9 Å². The summed E-state index contributed by atoms with van der Waals surface area (Å²) < 4.78 is 11.4. The van der Waals surface area contributed by atoms with Crippen LogP contribution >= 0.6 is 12.2 Å². The van der Waals surface area contributed by atoms with E-state index in [0.29, 0.717) is 22.5 Å². The molecule has 2 aromatic carbocycles. The number of fused-ring (bicyclic) bond motifs is 2. The molecule has 0 aliphatic carbocycles. The van der Waals surface area contributed by atoms with Crippen molar-refractivity contribution in [3.05, 3.63) is 59.7 Å². The standard InChI is InChI=1S/C18H14N2O2S/c1-21-15-9-5-3-7-12(15)16-19-17-13(18(23)20-16)10-11-6-2-4-8-14(11)22-17/h2-9,13H,10H2,1H3.